The number of carbonyl (C=O) groups is 1. The van der Waals surface area contributed by atoms with Crippen molar-refractivity contribution in [3.05, 3.63) is 83.8 Å². The minimum absolute atomic E-state index is 0.0626. The molecule has 0 atom stereocenters. The molecule has 0 saturated carbocycles. The molecule has 1 N–H and O–H groups in total. The summed E-state index contributed by atoms with van der Waals surface area (Å²) in [7, 11) is 0. The number of rotatable bonds is 3. The number of fused-ring (bicyclic) bond motifs is 1. The van der Waals surface area contributed by atoms with Crippen molar-refractivity contribution < 1.29 is 18.0 Å². The fraction of sp³-hybridized carbons (Fsp3) is 0.0476. The van der Waals surface area contributed by atoms with Gasteiger partial charge in [0.05, 0.1) is 40.3 Å². The molecule has 1 amide bonds. The maximum Gasteiger partial charge on any atom is 0.417 e. The van der Waals surface area contributed by atoms with Crippen molar-refractivity contribution in [1.29, 1.82) is 5.26 Å². The number of carbonyl (C=O) groups excluding carboxylic acids is 1. The van der Waals surface area contributed by atoms with Crippen LogP contribution in [-0.4, -0.2) is 20.5 Å². The molecule has 30 heavy (non-hydrogen) atoms. The number of pyridine rings is 2. The van der Waals surface area contributed by atoms with E-state index in [9.17, 15) is 18.0 Å². The summed E-state index contributed by atoms with van der Waals surface area (Å²) in [4.78, 5) is 16.2. The first-order valence-corrected chi connectivity index (χ1v) is 8.69. The number of alkyl halides is 3. The van der Waals surface area contributed by atoms with Gasteiger partial charge in [-0.25, -0.2) is 4.52 Å². The zero-order valence-electron chi connectivity index (χ0n) is 15.2. The van der Waals surface area contributed by atoms with Crippen molar-refractivity contribution in [1.82, 2.24) is 14.6 Å². The van der Waals surface area contributed by atoms with Crippen molar-refractivity contribution in [2.75, 3.05) is 5.32 Å². The molecular formula is C21H12F3N5O. The van der Waals surface area contributed by atoms with Gasteiger partial charge in [0.2, 0.25) is 0 Å². The van der Waals surface area contributed by atoms with E-state index in [1.807, 2.05) is 6.07 Å². The van der Waals surface area contributed by atoms with Gasteiger partial charge in [0, 0.05) is 11.8 Å². The van der Waals surface area contributed by atoms with Crippen molar-refractivity contribution in [2.24, 2.45) is 0 Å². The number of nitriles is 1. The minimum Gasteiger partial charge on any atom is -0.319 e. The molecule has 9 heteroatoms. The van der Waals surface area contributed by atoms with E-state index in [0.29, 0.717) is 11.2 Å². The lowest BCUT2D eigenvalue weighted by atomic mass is 10.0. The van der Waals surface area contributed by atoms with E-state index in [-0.39, 0.29) is 22.5 Å². The first kappa shape index (κ1) is 19.1. The third-order valence-corrected chi connectivity index (χ3v) is 4.35. The van der Waals surface area contributed by atoms with E-state index >= 15 is 0 Å². The molecule has 148 valence electrons. The highest BCUT2D eigenvalue weighted by molar-refractivity contribution is 6.02. The average molecular weight is 407 g/mol. The maximum atomic E-state index is 13.4. The summed E-state index contributed by atoms with van der Waals surface area (Å²) in [5.74, 6) is -0.427. The lowest BCUT2D eigenvalue weighted by Gasteiger charge is -2.11. The Labute approximate surface area is 168 Å². The van der Waals surface area contributed by atoms with Crippen molar-refractivity contribution in [3.63, 3.8) is 0 Å². The lowest BCUT2D eigenvalue weighted by Crippen LogP contribution is -2.13. The smallest absolute Gasteiger partial charge is 0.319 e. The second kappa shape index (κ2) is 7.33. The Bertz CT molecular complexity index is 1290. The summed E-state index contributed by atoms with van der Waals surface area (Å²) in [5.41, 5.74) is 0.233. The first-order chi connectivity index (χ1) is 14.3. The summed E-state index contributed by atoms with van der Waals surface area (Å²) < 4.78 is 41.6. The number of anilines is 1. The van der Waals surface area contributed by atoms with Gasteiger partial charge >= 0.3 is 6.18 Å². The first-order valence-electron chi connectivity index (χ1n) is 8.69. The van der Waals surface area contributed by atoms with Gasteiger partial charge in [-0.3, -0.25) is 9.78 Å². The molecule has 4 rings (SSSR count). The number of hydrogen-bond donors (Lipinski definition) is 1. The van der Waals surface area contributed by atoms with E-state index in [0.717, 1.165) is 18.2 Å². The van der Waals surface area contributed by atoms with Gasteiger partial charge in [-0.1, -0.05) is 6.07 Å². The van der Waals surface area contributed by atoms with Crippen LogP contribution in [0.15, 0.2) is 67.0 Å². The summed E-state index contributed by atoms with van der Waals surface area (Å²) in [6, 6.07) is 14.6. The van der Waals surface area contributed by atoms with Crippen LogP contribution in [-0.2, 0) is 6.18 Å². The zero-order chi connectivity index (χ0) is 21.3. The van der Waals surface area contributed by atoms with E-state index < -0.39 is 17.6 Å². The summed E-state index contributed by atoms with van der Waals surface area (Å²) >= 11 is 0. The molecular weight excluding hydrogens is 395 g/mol. The third-order valence-electron chi connectivity index (χ3n) is 4.35. The van der Waals surface area contributed by atoms with Crippen LogP contribution in [0.2, 0.25) is 0 Å². The highest BCUT2D eigenvalue weighted by atomic mass is 19.4. The van der Waals surface area contributed by atoms with Crippen LogP contribution in [0.25, 0.3) is 16.8 Å². The molecule has 0 radical (unpaired) electrons. The number of benzene rings is 1. The predicted octanol–water partition coefficient (Wildman–Crippen LogP) is 4.54. The third kappa shape index (κ3) is 3.71. The number of amides is 1. The van der Waals surface area contributed by atoms with Crippen molar-refractivity contribution in [3.8, 4) is 17.3 Å². The Kier molecular flexibility index (Phi) is 4.68. The van der Waals surface area contributed by atoms with Crippen molar-refractivity contribution in [2.45, 2.75) is 6.18 Å². The highest BCUT2D eigenvalue weighted by Gasteiger charge is 2.34. The van der Waals surface area contributed by atoms with Crippen molar-refractivity contribution >= 4 is 17.1 Å². The molecule has 3 heterocycles. The number of aromatic nitrogens is 3. The number of hydrogen-bond acceptors (Lipinski definition) is 4. The molecule has 0 saturated heterocycles. The summed E-state index contributed by atoms with van der Waals surface area (Å²) in [6.45, 7) is 0. The fourth-order valence-corrected chi connectivity index (χ4v) is 2.96. The molecule has 3 aromatic heterocycles. The predicted molar refractivity (Wildman–Crippen MR) is 103 cm³/mol. The molecule has 6 nitrogen and oxygen atoms in total. The molecule has 0 aliphatic rings. The maximum absolute atomic E-state index is 13.4. The van der Waals surface area contributed by atoms with E-state index in [1.165, 1.54) is 23.0 Å². The summed E-state index contributed by atoms with van der Waals surface area (Å²) in [6.07, 6.45) is -1.62. The van der Waals surface area contributed by atoms with Crippen LogP contribution in [0.1, 0.15) is 21.6 Å². The average Bonchev–Trinajstić information content (AvgIpc) is 3.16. The monoisotopic (exact) mass is 407 g/mol. The van der Waals surface area contributed by atoms with E-state index in [4.69, 9.17) is 5.26 Å². The minimum atomic E-state index is -4.60. The Morgan fingerprint density at radius 2 is 1.93 bits per heavy atom. The van der Waals surface area contributed by atoms with Crippen LogP contribution in [0, 0.1) is 11.3 Å². The lowest BCUT2D eigenvalue weighted by molar-refractivity contribution is -0.137. The zero-order valence-corrected chi connectivity index (χ0v) is 15.2. The number of halogens is 3. The Morgan fingerprint density at radius 1 is 1.10 bits per heavy atom. The Hall–Kier alpha value is -4.19. The molecule has 0 unspecified atom stereocenters. The Morgan fingerprint density at radius 3 is 2.63 bits per heavy atom. The topological polar surface area (TPSA) is 83.1 Å². The van der Waals surface area contributed by atoms with E-state index in [1.54, 1.807) is 30.3 Å². The second-order valence-electron chi connectivity index (χ2n) is 6.36. The molecule has 1 aromatic carbocycles. The fourth-order valence-electron chi connectivity index (χ4n) is 2.96. The van der Waals surface area contributed by atoms with Crippen LogP contribution < -0.4 is 5.32 Å². The Balaban J connectivity index is 1.72. The van der Waals surface area contributed by atoms with Crippen LogP contribution in [0.5, 0.6) is 0 Å². The van der Waals surface area contributed by atoms with Gasteiger partial charge in [-0.05, 0) is 48.5 Å². The summed E-state index contributed by atoms with van der Waals surface area (Å²) in [5, 5.41) is 15.9. The number of nitrogens with zero attached hydrogens (tertiary/aromatic N) is 4. The molecule has 0 aliphatic carbocycles. The largest absolute Gasteiger partial charge is 0.417 e. The van der Waals surface area contributed by atoms with Crippen LogP contribution in [0.3, 0.4) is 0 Å². The number of nitrogens with one attached hydrogen (secondary N) is 1. The molecule has 4 aromatic rings. The molecule has 0 aliphatic heterocycles. The highest BCUT2D eigenvalue weighted by Crippen LogP contribution is 2.37. The van der Waals surface area contributed by atoms with Crippen LogP contribution in [0.4, 0.5) is 18.9 Å². The molecule has 0 fully saturated rings. The quantitative estimate of drug-likeness (QED) is 0.541. The van der Waals surface area contributed by atoms with Gasteiger partial charge in [-0.2, -0.15) is 23.5 Å². The molecule has 0 spiro atoms. The van der Waals surface area contributed by atoms with Gasteiger partial charge in [0.15, 0.2) is 0 Å². The van der Waals surface area contributed by atoms with Gasteiger partial charge in [-0.15, -0.1) is 0 Å². The SMILES string of the molecule is N#Cc1ccc(C(F)(F)F)c(-c2cc3ccc(NC(=O)c4ccccn4)cn3n2)c1. The van der Waals surface area contributed by atoms with Gasteiger partial charge in [0.1, 0.15) is 5.69 Å². The van der Waals surface area contributed by atoms with Gasteiger partial charge in [0.25, 0.3) is 5.91 Å². The van der Waals surface area contributed by atoms with E-state index in [2.05, 4.69) is 15.4 Å². The molecule has 0 bridgehead atoms. The van der Waals surface area contributed by atoms with Gasteiger partial charge < -0.3 is 5.32 Å². The normalized spacial score (nSPS) is 11.3. The second-order valence-corrected chi connectivity index (χ2v) is 6.36. The van der Waals surface area contributed by atoms with Crippen LogP contribution >= 0.6 is 0 Å². The standard InChI is InChI=1S/C21H12F3N5O/c22-21(23,24)17-7-4-13(11-25)9-16(17)19-10-15-6-5-14(12-29(15)28-19)27-20(30)18-3-1-2-8-26-18/h1-10,12H,(H,27,30).